The molecule has 4 nitrogen and oxygen atoms in total. The van der Waals surface area contributed by atoms with Crippen LogP contribution in [0, 0.1) is 0 Å². The van der Waals surface area contributed by atoms with Crippen molar-refractivity contribution in [2.24, 2.45) is 0 Å². The first kappa shape index (κ1) is 14.0. The van der Waals surface area contributed by atoms with Crippen LogP contribution in [0.4, 0.5) is 0 Å². The molecule has 1 atom stereocenters. The number of thiophene rings is 1. The molecule has 1 unspecified atom stereocenters. The number of hydrogen-bond acceptors (Lipinski definition) is 4. The fourth-order valence-electron chi connectivity index (χ4n) is 3.03. The van der Waals surface area contributed by atoms with Gasteiger partial charge in [-0.25, -0.2) is 0 Å². The van der Waals surface area contributed by atoms with Gasteiger partial charge in [0.15, 0.2) is 0 Å². The average molecular weight is 293 g/mol. The van der Waals surface area contributed by atoms with E-state index in [0.29, 0.717) is 5.91 Å². The molecule has 0 spiro atoms. The fourth-order valence-corrected chi connectivity index (χ4v) is 3.73. The monoisotopic (exact) mass is 293 g/mol. The van der Waals surface area contributed by atoms with Crippen LogP contribution in [0.2, 0.25) is 0 Å². The summed E-state index contributed by atoms with van der Waals surface area (Å²) in [6.07, 6.45) is 3.28. The smallest absolute Gasteiger partial charge is 0.239 e. The topological polar surface area (TPSA) is 35.6 Å². The third kappa shape index (κ3) is 3.40. The van der Waals surface area contributed by atoms with E-state index < -0.39 is 0 Å². The molecule has 3 rings (SSSR count). The summed E-state index contributed by atoms with van der Waals surface area (Å²) in [6, 6.07) is 4.41. The highest BCUT2D eigenvalue weighted by molar-refractivity contribution is 7.09. The summed E-state index contributed by atoms with van der Waals surface area (Å²) in [7, 11) is 0. The maximum Gasteiger partial charge on any atom is 0.239 e. The highest BCUT2D eigenvalue weighted by Crippen LogP contribution is 2.13. The van der Waals surface area contributed by atoms with Crippen LogP contribution in [0.25, 0.3) is 0 Å². The molecule has 1 aromatic rings. The molecule has 0 saturated carbocycles. The number of piperazine rings is 1. The lowest BCUT2D eigenvalue weighted by Gasteiger charge is -2.35. The predicted molar refractivity (Wildman–Crippen MR) is 82.1 cm³/mol. The van der Waals surface area contributed by atoms with Crippen LogP contribution in [0.15, 0.2) is 17.5 Å². The predicted octanol–water partition coefficient (Wildman–Crippen LogP) is 1.19. The van der Waals surface area contributed by atoms with Gasteiger partial charge in [0.05, 0.1) is 6.04 Å². The molecule has 1 amide bonds. The zero-order chi connectivity index (χ0) is 13.8. The zero-order valence-corrected chi connectivity index (χ0v) is 12.7. The van der Waals surface area contributed by atoms with E-state index in [9.17, 15) is 4.79 Å². The molecule has 110 valence electrons. The number of hydrogen-bond donors (Lipinski definition) is 1. The van der Waals surface area contributed by atoms with Gasteiger partial charge in [-0.3, -0.25) is 9.69 Å². The summed E-state index contributed by atoms with van der Waals surface area (Å²) in [6.45, 7) is 5.93. The van der Waals surface area contributed by atoms with Crippen molar-refractivity contribution in [1.82, 2.24) is 15.1 Å². The van der Waals surface area contributed by atoms with Crippen LogP contribution in [-0.2, 0) is 11.2 Å². The van der Waals surface area contributed by atoms with Crippen molar-refractivity contribution in [3.05, 3.63) is 22.4 Å². The van der Waals surface area contributed by atoms with Crippen LogP contribution >= 0.6 is 11.3 Å². The van der Waals surface area contributed by atoms with Crippen LogP contribution in [0.5, 0.6) is 0 Å². The Bertz CT molecular complexity index is 420. The van der Waals surface area contributed by atoms with Gasteiger partial charge in [-0.15, -0.1) is 11.3 Å². The summed E-state index contributed by atoms with van der Waals surface area (Å²) in [5, 5.41) is 5.44. The van der Waals surface area contributed by atoms with Crippen molar-refractivity contribution >= 4 is 17.2 Å². The van der Waals surface area contributed by atoms with E-state index in [4.69, 9.17) is 0 Å². The van der Waals surface area contributed by atoms with Crippen LogP contribution in [0.3, 0.4) is 0 Å². The van der Waals surface area contributed by atoms with Gasteiger partial charge in [0.2, 0.25) is 5.91 Å². The quantitative estimate of drug-likeness (QED) is 0.906. The fraction of sp³-hybridized carbons (Fsp3) is 0.667. The first-order valence-electron chi connectivity index (χ1n) is 7.60. The lowest BCUT2D eigenvalue weighted by molar-refractivity contribution is -0.134. The number of nitrogens with one attached hydrogen (secondary N) is 1. The minimum absolute atomic E-state index is 0.0904. The van der Waals surface area contributed by atoms with Crippen LogP contribution < -0.4 is 5.32 Å². The molecule has 0 bridgehead atoms. The van der Waals surface area contributed by atoms with Crippen LogP contribution in [0.1, 0.15) is 17.7 Å². The Labute approximate surface area is 124 Å². The minimum Gasteiger partial charge on any atom is -0.339 e. The molecule has 0 aromatic carbocycles. The molecular formula is C15H23N3OS. The summed E-state index contributed by atoms with van der Waals surface area (Å²) in [4.78, 5) is 18.3. The molecule has 1 aromatic heterocycles. The van der Waals surface area contributed by atoms with E-state index >= 15 is 0 Å². The minimum atomic E-state index is 0.0904. The summed E-state index contributed by atoms with van der Waals surface area (Å²) in [5.41, 5.74) is 0. The normalized spacial score (nSPS) is 24.2. The van der Waals surface area contributed by atoms with Gasteiger partial charge in [-0.2, -0.15) is 0 Å². The van der Waals surface area contributed by atoms with Crippen molar-refractivity contribution in [3.8, 4) is 0 Å². The van der Waals surface area contributed by atoms with E-state index in [-0.39, 0.29) is 6.04 Å². The van der Waals surface area contributed by atoms with Gasteiger partial charge in [0.1, 0.15) is 0 Å². The third-order valence-corrected chi connectivity index (χ3v) is 5.23. The number of amides is 1. The molecular weight excluding hydrogens is 270 g/mol. The van der Waals surface area contributed by atoms with Gasteiger partial charge in [0, 0.05) is 37.6 Å². The lowest BCUT2D eigenvalue weighted by Crippen LogP contribution is -2.53. The second-order valence-corrected chi connectivity index (χ2v) is 6.68. The molecule has 3 heterocycles. The number of carbonyl (C=O) groups is 1. The van der Waals surface area contributed by atoms with Crippen LogP contribution in [-0.4, -0.2) is 61.0 Å². The first-order valence-corrected chi connectivity index (χ1v) is 8.48. The summed E-state index contributed by atoms with van der Waals surface area (Å²) < 4.78 is 0. The van der Waals surface area contributed by atoms with Gasteiger partial charge in [0.25, 0.3) is 0 Å². The summed E-state index contributed by atoms with van der Waals surface area (Å²) in [5.74, 6) is 0.320. The molecule has 2 aliphatic rings. The van der Waals surface area contributed by atoms with Gasteiger partial charge < -0.3 is 10.2 Å². The second kappa shape index (κ2) is 6.70. The van der Waals surface area contributed by atoms with E-state index in [1.807, 2.05) is 16.2 Å². The Hall–Kier alpha value is -0.910. The number of rotatable bonds is 4. The Kier molecular flexibility index (Phi) is 4.70. The van der Waals surface area contributed by atoms with Crippen molar-refractivity contribution in [1.29, 1.82) is 0 Å². The third-order valence-electron chi connectivity index (χ3n) is 4.30. The maximum absolute atomic E-state index is 12.3. The van der Waals surface area contributed by atoms with E-state index in [0.717, 1.165) is 58.5 Å². The van der Waals surface area contributed by atoms with Crippen molar-refractivity contribution in [2.75, 3.05) is 39.3 Å². The largest absolute Gasteiger partial charge is 0.339 e. The standard InChI is InChI=1S/C15H23N3OS/c19-15(14-4-1-6-16-14)18-10-8-17(9-11-18)7-5-13-3-2-12-20-13/h2-3,12,14,16H,1,4-11H2. The highest BCUT2D eigenvalue weighted by atomic mass is 32.1. The lowest BCUT2D eigenvalue weighted by atomic mass is 10.2. The molecule has 0 radical (unpaired) electrons. The number of nitrogens with zero attached hydrogens (tertiary/aromatic N) is 2. The van der Waals surface area contributed by atoms with E-state index in [1.165, 1.54) is 4.88 Å². The molecule has 20 heavy (non-hydrogen) atoms. The van der Waals surface area contributed by atoms with E-state index in [1.54, 1.807) is 0 Å². The van der Waals surface area contributed by atoms with Crippen molar-refractivity contribution in [3.63, 3.8) is 0 Å². The van der Waals surface area contributed by atoms with Crippen molar-refractivity contribution < 1.29 is 4.79 Å². The van der Waals surface area contributed by atoms with Crippen molar-refractivity contribution in [2.45, 2.75) is 25.3 Å². The molecule has 2 aliphatic heterocycles. The molecule has 0 aliphatic carbocycles. The Morgan fingerprint density at radius 2 is 2.20 bits per heavy atom. The van der Waals surface area contributed by atoms with Gasteiger partial charge in [-0.1, -0.05) is 6.07 Å². The summed E-state index contributed by atoms with van der Waals surface area (Å²) >= 11 is 1.83. The molecule has 1 N–H and O–H groups in total. The zero-order valence-electron chi connectivity index (χ0n) is 11.9. The second-order valence-electron chi connectivity index (χ2n) is 5.65. The van der Waals surface area contributed by atoms with Gasteiger partial charge in [-0.05, 0) is 37.3 Å². The molecule has 2 saturated heterocycles. The Morgan fingerprint density at radius 1 is 1.35 bits per heavy atom. The van der Waals surface area contributed by atoms with Gasteiger partial charge >= 0.3 is 0 Å². The average Bonchev–Trinajstić information content (AvgIpc) is 3.18. The molecule has 5 heteroatoms. The SMILES string of the molecule is O=C(C1CCCN1)N1CCN(CCc2cccs2)CC1. The Balaban J connectivity index is 1.41. The highest BCUT2D eigenvalue weighted by Gasteiger charge is 2.28. The molecule has 2 fully saturated rings. The maximum atomic E-state index is 12.3. The first-order chi connectivity index (χ1) is 9.83. The number of carbonyl (C=O) groups excluding carboxylic acids is 1. The van der Waals surface area contributed by atoms with E-state index in [2.05, 4.69) is 27.7 Å². The Morgan fingerprint density at radius 3 is 2.85 bits per heavy atom.